The van der Waals surface area contributed by atoms with Crippen LogP contribution in [0.4, 0.5) is 13.2 Å². The molecule has 2 N–H and O–H groups in total. The molecular weight excluding hydrogens is 195 g/mol. The van der Waals surface area contributed by atoms with E-state index in [0.717, 1.165) is 19.3 Å². The molecule has 0 bridgehead atoms. The highest BCUT2D eigenvalue weighted by Gasteiger charge is 2.27. The van der Waals surface area contributed by atoms with Gasteiger partial charge in [-0.3, -0.25) is 0 Å². The maximum Gasteiger partial charge on any atom is 0.411 e. The second kappa shape index (κ2) is 7.06. The Morgan fingerprint density at radius 1 is 1.29 bits per heavy atom. The van der Waals surface area contributed by atoms with Crippen molar-refractivity contribution in [2.24, 2.45) is 5.73 Å². The number of hydrogen-bond donors (Lipinski definition) is 1. The first-order valence-electron chi connectivity index (χ1n) is 4.85. The second-order valence-electron chi connectivity index (χ2n) is 3.36. The van der Waals surface area contributed by atoms with Crippen LogP contribution in [0.25, 0.3) is 0 Å². The van der Waals surface area contributed by atoms with Crippen LogP contribution >= 0.6 is 0 Å². The summed E-state index contributed by atoms with van der Waals surface area (Å²) in [6, 6.07) is -0.0387. The molecule has 0 aliphatic rings. The zero-order valence-electron chi connectivity index (χ0n) is 8.44. The van der Waals surface area contributed by atoms with Crippen molar-refractivity contribution in [3.63, 3.8) is 0 Å². The van der Waals surface area contributed by atoms with Crippen LogP contribution < -0.4 is 5.73 Å². The lowest BCUT2D eigenvalue weighted by molar-refractivity contribution is -0.174. The second-order valence-corrected chi connectivity index (χ2v) is 3.36. The number of rotatable bonds is 7. The summed E-state index contributed by atoms with van der Waals surface area (Å²) in [6.45, 7) is 0.963. The van der Waals surface area contributed by atoms with E-state index in [4.69, 9.17) is 5.73 Å². The van der Waals surface area contributed by atoms with Gasteiger partial charge in [0.05, 0.1) is 0 Å². The van der Waals surface area contributed by atoms with Gasteiger partial charge in [-0.15, -0.1) is 0 Å². The first kappa shape index (κ1) is 13.7. The molecule has 1 unspecified atom stereocenters. The van der Waals surface area contributed by atoms with Crippen LogP contribution in [0.15, 0.2) is 0 Å². The van der Waals surface area contributed by atoms with Crippen molar-refractivity contribution in [1.29, 1.82) is 0 Å². The lowest BCUT2D eigenvalue weighted by atomic mass is 10.1. The first-order chi connectivity index (χ1) is 6.45. The van der Waals surface area contributed by atoms with E-state index in [1.165, 1.54) is 0 Å². The van der Waals surface area contributed by atoms with Crippen molar-refractivity contribution >= 4 is 0 Å². The van der Waals surface area contributed by atoms with E-state index in [1.807, 2.05) is 6.92 Å². The fourth-order valence-electron chi connectivity index (χ4n) is 1.03. The van der Waals surface area contributed by atoms with E-state index in [1.54, 1.807) is 0 Å². The molecule has 0 aliphatic heterocycles. The molecule has 2 nitrogen and oxygen atoms in total. The van der Waals surface area contributed by atoms with Gasteiger partial charge in [-0.2, -0.15) is 13.2 Å². The zero-order valence-corrected chi connectivity index (χ0v) is 8.44. The summed E-state index contributed by atoms with van der Waals surface area (Å²) in [5.41, 5.74) is 5.65. The van der Waals surface area contributed by atoms with E-state index in [2.05, 4.69) is 4.74 Å². The molecule has 1 atom stereocenters. The predicted molar refractivity (Wildman–Crippen MR) is 49.0 cm³/mol. The van der Waals surface area contributed by atoms with Crippen molar-refractivity contribution in [2.45, 2.75) is 44.8 Å². The molecular formula is C9H18F3NO. The predicted octanol–water partition coefficient (Wildman–Crippen LogP) is 2.47. The molecule has 0 aliphatic carbocycles. The fourth-order valence-corrected chi connectivity index (χ4v) is 1.03. The van der Waals surface area contributed by atoms with Gasteiger partial charge in [0.25, 0.3) is 0 Å². The Hall–Kier alpha value is -0.290. The first-order valence-corrected chi connectivity index (χ1v) is 4.85. The van der Waals surface area contributed by atoms with E-state index >= 15 is 0 Å². The highest BCUT2D eigenvalue weighted by molar-refractivity contribution is 4.60. The van der Waals surface area contributed by atoms with Crippen LogP contribution in [0.5, 0.6) is 0 Å². The molecule has 86 valence electrons. The molecule has 0 saturated heterocycles. The van der Waals surface area contributed by atoms with Crippen molar-refractivity contribution in [3.05, 3.63) is 0 Å². The Labute approximate surface area is 82.6 Å². The van der Waals surface area contributed by atoms with Gasteiger partial charge >= 0.3 is 6.18 Å². The Bertz CT molecular complexity index is 139. The summed E-state index contributed by atoms with van der Waals surface area (Å²) in [5, 5.41) is 0. The normalized spacial score (nSPS) is 14.4. The summed E-state index contributed by atoms with van der Waals surface area (Å²) in [6.07, 6.45) is -0.812. The Morgan fingerprint density at radius 2 is 1.93 bits per heavy atom. The number of nitrogens with two attached hydrogens (primary N) is 1. The van der Waals surface area contributed by atoms with Crippen molar-refractivity contribution in [1.82, 2.24) is 0 Å². The van der Waals surface area contributed by atoms with E-state index < -0.39 is 12.8 Å². The lowest BCUT2D eigenvalue weighted by Gasteiger charge is -2.12. The molecule has 14 heavy (non-hydrogen) atoms. The molecule has 5 heteroatoms. The third kappa shape index (κ3) is 9.80. The molecule has 0 saturated carbocycles. The number of ether oxygens (including phenoxy) is 1. The van der Waals surface area contributed by atoms with Crippen molar-refractivity contribution < 1.29 is 17.9 Å². The van der Waals surface area contributed by atoms with Gasteiger partial charge in [-0.25, -0.2) is 0 Å². The molecule has 0 aromatic heterocycles. The molecule has 0 aromatic rings. The van der Waals surface area contributed by atoms with Crippen LogP contribution in [0, 0.1) is 0 Å². The van der Waals surface area contributed by atoms with Crippen LogP contribution in [0.1, 0.15) is 32.6 Å². The molecule has 0 radical (unpaired) electrons. The maximum atomic E-state index is 11.6. The lowest BCUT2D eigenvalue weighted by Crippen LogP contribution is -2.24. The average molecular weight is 213 g/mol. The van der Waals surface area contributed by atoms with Gasteiger partial charge in [0.2, 0.25) is 0 Å². The number of halogens is 3. The fraction of sp³-hybridized carbons (Fsp3) is 1.00. The van der Waals surface area contributed by atoms with Crippen molar-refractivity contribution in [3.8, 4) is 0 Å². The van der Waals surface area contributed by atoms with Crippen molar-refractivity contribution in [2.75, 3.05) is 13.2 Å². The quantitative estimate of drug-likeness (QED) is 0.659. The van der Waals surface area contributed by atoms with Crippen LogP contribution in [-0.4, -0.2) is 25.4 Å². The van der Waals surface area contributed by atoms with E-state index in [9.17, 15) is 13.2 Å². The molecule has 0 rings (SSSR count). The Balaban J connectivity index is 3.27. The third-order valence-electron chi connectivity index (χ3n) is 1.83. The molecule has 0 amide bonds. The van der Waals surface area contributed by atoms with Gasteiger partial charge in [0.15, 0.2) is 0 Å². The third-order valence-corrected chi connectivity index (χ3v) is 1.83. The van der Waals surface area contributed by atoms with Gasteiger partial charge in [0.1, 0.15) is 6.61 Å². The largest absolute Gasteiger partial charge is 0.411 e. The van der Waals surface area contributed by atoms with Gasteiger partial charge in [0, 0.05) is 12.6 Å². The van der Waals surface area contributed by atoms with Gasteiger partial charge in [-0.1, -0.05) is 19.8 Å². The molecule has 0 heterocycles. The summed E-state index contributed by atoms with van der Waals surface area (Å²) < 4.78 is 39.3. The number of unbranched alkanes of at least 4 members (excludes halogenated alkanes) is 1. The van der Waals surface area contributed by atoms with E-state index in [-0.39, 0.29) is 12.6 Å². The topological polar surface area (TPSA) is 35.2 Å². The highest BCUT2D eigenvalue weighted by atomic mass is 19.4. The number of hydrogen-bond acceptors (Lipinski definition) is 2. The molecule has 0 aromatic carbocycles. The molecule has 0 fully saturated rings. The monoisotopic (exact) mass is 213 g/mol. The Morgan fingerprint density at radius 3 is 2.43 bits per heavy atom. The van der Waals surface area contributed by atoms with Crippen LogP contribution in [-0.2, 0) is 4.74 Å². The summed E-state index contributed by atoms with van der Waals surface area (Å²) in [7, 11) is 0. The summed E-state index contributed by atoms with van der Waals surface area (Å²) >= 11 is 0. The van der Waals surface area contributed by atoms with Crippen LogP contribution in [0.2, 0.25) is 0 Å². The van der Waals surface area contributed by atoms with Crippen LogP contribution in [0.3, 0.4) is 0 Å². The summed E-state index contributed by atoms with van der Waals surface area (Å²) in [5.74, 6) is 0. The average Bonchev–Trinajstić information content (AvgIpc) is 2.07. The molecule has 0 spiro atoms. The smallest absolute Gasteiger partial charge is 0.372 e. The zero-order chi connectivity index (χ0) is 11.0. The SMILES string of the molecule is CCCCC(N)CCOCC(F)(F)F. The van der Waals surface area contributed by atoms with E-state index in [0.29, 0.717) is 6.42 Å². The van der Waals surface area contributed by atoms with Gasteiger partial charge < -0.3 is 10.5 Å². The maximum absolute atomic E-state index is 11.6. The number of alkyl halides is 3. The summed E-state index contributed by atoms with van der Waals surface area (Å²) in [4.78, 5) is 0. The Kier molecular flexibility index (Phi) is 6.92. The minimum atomic E-state index is -4.23. The highest BCUT2D eigenvalue weighted by Crippen LogP contribution is 2.14. The minimum Gasteiger partial charge on any atom is -0.372 e. The standard InChI is InChI=1S/C9H18F3NO/c1-2-3-4-8(13)5-6-14-7-9(10,11)12/h8H,2-7,13H2,1H3. The minimum absolute atomic E-state index is 0.0387. The van der Waals surface area contributed by atoms with Gasteiger partial charge in [-0.05, 0) is 12.8 Å².